The molecule has 1 heterocycles. The highest BCUT2D eigenvalue weighted by atomic mass is 79.9. The number of rotatable bonds is 3. The zero-order chi connectivity index (χ0) is 14.8. The van der Waals surface area contributed by atoms with Crippen LogP contribution >= 0.6 is 27.7 Å². The minimum Gasteiger partial charge on any atom is -0.495 e. The van der Waals surface area contributed by atoms with E-state index in [0.29, 0.717) is 10.7 Å². The molecule has 0 bridgehead atoms. The van der Waals surface area contributed by atoms with E-state index in [-0.39, 0.29) is 0 Å². The number of thioether (sulfide) groups is 1. The Balaban J connectivity index is 2.00. The molecule has 0 fully saturated rings. The van der Waals surface area contributed by atoms with Gasteiger partial charge >= 0.3 is 0 Å². The van der Waals surface area contributed by atoms with E-state index in [1.54, 1.807) is 7.11 Å². The number of aliphatic imine (C=N–C) groups is 1. The van der Waals surface area contributed by atoms with E-state index in [4.69, 9.17) is 4.74 Å². The van der Waals surface area contributed by atoms with Crippen molar-refractivity contribution in [1.82, 2.24) is 0 Å². The van der Waals surface area contributed by atoms with Gasteiger partial charge in [0.25, 0.3) is 0 Å². The molecule has 1 aliphatic rings. The first-order valence-corrected chi connectivity index (χ1v) is 8.36. The summed E-state index contributed by atoms with van der Waals surface area (Å²) in [4.78, 5) is 4.60. The number of hydrogen-bond acceptors (Lipinski definition) is 4. The standard InChI is InChI=1S/C15H21BrN2OS/c1-15(2,3)8-11-9-17-14(20-11)18-12-7-10(16)5-6-13(12)19-4/h5-7,11H,8-9H2,1-4H3,(H,17,18). The van der Waals surface area contributed by atoms with Crippen molar-refractivity contribution in [3.63, 3.8) is 0 Å². The van der Waals surface area contributed by atoms with E-state index in [1.165, 1.54) is 6.42 Å². The van der Waals surface area contributed by atoms with E-state index in [0.717, 1.165) is 27.6 Å². The van der Waals surface area contributed by atoms with Gasteiger partial charge in [0.05, 0.1) is 19.3 Å². The molecule has 5 heteroatoms. The SMILES string of the molecule is COc1ccc(Br)cc1NC1=NCC(CC(C)(C)C)S1. The summed E-state index contributed by atoms with van der Waals surface area (Å²) >= 11 is 5.31. The van der Waals surface area contributed by atoms with Gasteiger partial charge in [0.2, 0.25) is 0 Å². The summed E-state index contributed by atoms with van der Waals surface area (Å²) in [5.41, 5.74) is 1.29. The lowest BCUT2D eigenvalue weighted by atomic mass is 9.90. The van der Waals surface area contributed by atoms with Crippen LogP contribution in [0.25, 0.3) is 0 Å². The number of nitrogens with one attached hydrogen (secondary N) is 1. The molecule has 110 valence electrons. The molecule has 1 aromatic rings. The Labute approximate surface area is 133 Å². The Hall–Kier alpha value is -0.680. The summed E-state index contributed by atoms with van der Waals surface area (Å²) in [5, 5.41) is 4.92. The minimum atomic E-state index is 0.343. The van der Waals surface area contributed by atoms with Gasteiger partial charge in [-0.25, -0.2) is 0 Å². The average molecular weight is 357 g/mol. The predicted octanol–water partition coefficient (Wildman–Crippen LogP) is 4.78. The molecule has 1 N–H and O–H groups in total. The van der Waals surface area contributed by atoms with E-state index in [1.807, 2.05) is 30.0 Å². The Morgan fingerprint density at radius 2 is 2.20 bits per heavy atom. The second-order valence-electron chi connectivity index (χ2n) is 6.12. The van der Waals surface area contributed by atoms with Crippen LogP contribution in [-0.4, -0.2) is 24.1 Å². The van der Waals surface area contributed by atoms with Crippen LogP contribution in [-0.2, 0) is 0 Å². The normalized spacial score (nSPS) is 18.9. The van der Waals surface area contributed by atoms with E-state index < -0.39 is 0 Å². The number of halogens is 1. The van der Waals surface area contributed by atoms with Gasteiger partial charge in [0.1, 0.15) is 5.75 Å². The van der Waals surface area contributed by atoms with Gasteiger partial charge in [-0.2, -0.15) is 0 Å². The van der Waals surface area contributed by atoms with E-state index in [9.17, 15) is 0 Å². The van der Waals surface area contributed by atoms with Crippen molar-refractivity contribution in [2.45, 2.75) is 32.4 Å². The first-order chi connectivity index (χ1) is 9.37. The summed E-state index contributed by atoms with van der Waals surface area (Å²) in [5.74, 6) is 0.829. The van der Waals surface area contributed by atoms with Crippen LogP contribution in [0, 0.1) is 5.41 Å². The molecular formula is C15H21BrN2OS. The fourth-order valence-corrected chi connectivity index (χ4v) is 3.90. The Kier molecular flexibility index (Phi) is 5.02. The summed E-state index contributed by atoms with van der Waals surface area (Å²) < 4.78 is 6.39. The third-order valence-corrected chi connectivity index (χ3v) is 4.56. The van der Waals surface area contributed by atoms with Gasteiger partial charge < -0.3 is 10.1 Å². The van der Waals surface area contributed by atoms with Crippen molar-refractivity contribution in [3.8, 4) is 5.75 Å². The van der Waals surface area contributed by atoms with Crippen LogP contribution in [0.15, 0.2) is 27.7 Å². The zero-order valence-electron chi connectivity index (χ0n) is 12.4. The molecule has 1 aromatic carbocycles. The number of amidine groups is 1. The van der Waals surface area contributed by atoms with Gasteiger partial charge in [-0.1, -0.05) is 48.5 Å². The van der Waals surface area contributed by atoms with Crippen molar-refractivity contribution in [2.24, 2.45) is 10.4 Å². The first-order valence-electron chi connectivity index (χ1n) is 6.69. The molecule has 0 radical (unpaired) electrons. The molecule has 0 aliphatic carbocycles. The zero-order valence-corrected chi connectivity index (χ0v) is 14.8. The van der Waals surface area contributed by atoms with E-state index >= 15 is 0 Å². The molecule has 20 heavy (non-hydrogen) atoms. The van der Waals surface area contributed by atoms with Gasteiger partial charge in [-0.15, -0.1) is 0 Å². The van der Waals surface area contributed by atoms with Crippen LogP contribution in [0.1, 0.15) is 27.2 Å². The van der Waals surface area contributed by atoms with Crippen molar-refractivity contribution in [1.29, 1.82) is 0 Å². The van der Waals surface area contributed by atoms with Gasteiger partial charge in [0.15, 0.2) is 5.17 Å². The van der Waals surface area contributed by atoms with Crippen molar-refractivity contribution in [2.75, 3.05) is 19.0 Å². The van der Waals surface area contributed by atoms with Crippen molar-refractivity contribution < 1.29 is 4.74 Å². The molecule has 0 aromatic heterocycles. The fourth-order valence-electron chi connectivity index (χ4n) is 2.17. The number of anilines is 1. The monoisotopic (exact) mass is 356 g/mol. The molecule has 1 atom stereocenters. The Morgan fingerprint density at radius 3 is 2.85 bits per heavy atom. The molecular weight excluding hydrogens is 336 g/mol. The first kappa shape index (κ1) is 15.7. The molecule has 0 spiro atoms. The molecule has 1 unspecified atom stereocenters. The quantitative estimate of drug-likeness (QED) is 0.845. The average Bonchev–Trinajstić information content (AvgIpc) is 2.74. The van der Waals surface area contributed by atoms with Gasteiger partial charge in [-0.3, -0.25) is 4.99 Å². The number of hydrogen-bond donors (Lipinski definition) is 1. The summed E-state index contributed by atoms with van der Waals surface area (Å²) in [6.45, 7) is 7.71. The predicted molar refractivity (Wildman–Crippen MR) is 92.1 cm³/mol. The number of benzene rings is 1. The highest BCUT2D eigenvalue weighted by molar-refractivity contribution is 9.10. The number of methoxy groups -OCH3 is 1. The summed E-state index contributed by atoms with van der Waals surface area (Å²) in [7, 11) is 1.68. The maximum absolute atomic E-state index is 5.37. The van der Waals surface area contributed by atoms with Crippen molar-refractivity contribution in [3.05, 3.63) is 22.7 Å². The lowest BCUT2D eigenvalue weighted by Crippen LogP contribution is -2.16. The van der Waals surface area contributed by atoms with Gasteiger partial charge in [0, 0.05) is 9.72 Å². The maximum Gasteiger partial charge on any atom is 0.161 e. The highest BCUT2D eigenvalue weighted by Gasteiger charge is 2.25. The smallest absolute Gasteiger partial charge is 0.161 e. The second-order valence-corrected chi connectivity index (χ2v) is 8.32. The molecule has 1 aliphatic heterocycles. The highest BCUT2D eigenvalue weighted by Crippen LogP contribution is 2.34. The third kappa shape index (κ3) is 4.42. The number of nitrogens with zero attached hydrogens (tertiary/aromatic N) is 1. The molecule has 0 saturated heterocycles. The van der Waals surface area contributed by atoms with Crippen LogP contribution in [0.5, 0.6) is 5.75 Å². The topological polar surface area (TPSA) is 33.6 Å². The fraction of sp³-hybridized carbons (Fsp3) is 0.533. The van der Waals surface area contributed by atoms with Crippen molar-refractivity contribution >= 4 is 38.5 Å². The molecule has 3 nitrogen and oxygen atoms in total. The maximum atomic E-state index is 5.37. The van der Waals surface area contributed by atoms with E-state index in [2.05, 4.69) is 47.0 Å². The summed E-state index contributed by atoms with van der Waals surface area (Å²) in [6.07, 6.45) is 1.17. The lowest BCUT2D eigenvalue weighted by molar-refractivity contribution is 0.375. The van der Waals surface area contributed by atoms with Gasteiger partial charge in [-0.05, 0) is 30.0 Å². The third-order valence-electron chi connectivity index (χ3n) is 2.96. The largest absolute Gasteiger partial charge is 0.495 e. The lowest BCUT2D eigenvalue weighted by Gasteiger charge is -2.21. The molecule has 2 rings (SSSR count). The van der Waals surface area contributed by atoms with Crippen LogP contribution < -0.4 is 10.1 Å². The molecule has 0 amide bonds. The van der Waals surface area contributed by atoms with Crippen LogP contribution in [0.4, 0.5) is 5.69 Å². The number of ether oxygens (including phenoxy) is 1. The van der Waals surface area contributed by atoms with Crippen LogP contribution in [0.2, 0.25) is 0 Å². The Morgan fingerprint density at radius 1 is 1.45 bits per heavy atom. The summed E-state index contributed by atoms with van der Waals surface area (Å²) in [6, 6.07) is 5.92. The second kappa shape index (κ2) is 6.39. The molecule has 0 saturated carbocycles. The Bertz CT molecular complexity index is 511. The van der Waals surface area contributed by atoms with Crippen LogP contribution in [0.3, 0.4) is 0 Å². The minimum absolute atomic E-state index is 0.343.